The van der Waals surface area contributed by atoms with Crippen molar-refractivity contribution in [2.75, 3.05) is 27.4 Å². The largest absolute Gasteiger partial charge is 0.458 e. The summed E-state index contributed by atoms with van der Waals surface area (Å²) in [5.74, 6) is -0.141. The number of aliphatic hydroxyl groups is 1. The molecule has 2 N–H and O–H groups in total. The molecule has 0 aromatic heterocycles. The molecule has 3 fully saturated rings. The van der Waals surface area contributed by atoms with Crippen LogP contribution in [0.2, 0.25) is 0 Å². The Bertz CT molecular complexity index is 989. The first-order valence-electron chi connectivity index (χ1n) is 14.0. The summed E-state index contributed by atoms with van der Waals surface area (Å²) in [4.78, 5) is 49.6. The van der Waals surface area contributed by atoms with E-state index in [1.165, 1.54) is 19.8 Å². The number of carbonyl (C=O) groups is 4. The van der Waals surface area contributed by atoms with Gasteiger partial charge in [-0.05, 0) is 74.2 Å². The van der Waals surface area contributed by atoms with Gasteiger partial charge in [0.25, 0.3) is 0 Å². The number of hydrogen-bond acceptors (Lipinski definition) is 8. The van der Waals surface area contributed by atoms with Crippen molar-refractivity contribution < 1.29 is 38.5 Å². The number of nitrogens with one attached hydrogen (secondary N) is 1. The van der Waals surface area contributed by atoms with Crippen molar-refractivity contribution in [3.63, 3.8) is 0 Å². The van der Waals surface area contributed by atoms with Crippen molar-refractivity contribution in [1.82, 2.24) is 5.32 Å². The van der Waals surface area contributed by atoms with Crippen molar-refractivity contribution in [3.05, 3.63) is 11.6 Å². The zero-order chi connectivity index (χ0) is 27.7. The molecule has 0 aromatic carbocycles. The SMILES string of the molecule is COC(CNC(=O)CCC(=O)OCC(=O)[C@@]1(O)CC[C@H]2[C@@H]3CCC4=CC(=O)CC[C@]4(C)[C@H]3CC[C@@]21C)OC. The van der Waals surface area contributed by atoms with Crippen LogP contribution in [-0.2, 0) is 33.4 Å². The van der Waals surface area contributed by atoms with Gasteiger partial charge >= 0.3 is 5.97 Å². The molecule has 0 saturated heterocycles. The van der Waals surface area contributed by atoms with Crippen molar-refractivity contribution >= 4 is 23.4 Å². The minimum atomic E-state index is -1.53. The second-order valence-corrected chi connectivity index (χ2v) is 12.1. The summed E-state index contributed by atoms with van der Waals surface area (Å²) in [6, 6.07) is 0. The van der Waals surface area contributed by atoms with Crippen LogP contribution < -0.4 is 5.32 Å². The number of hydrogen-bond donors (Lipinski definition) is 2. The average Bonchev–Trinajstić information content (AvgIpc) is 3.18. The van der Waals surface area contributed by atoms with Crippen LogP contribution in [-0.4, -0.2) is 67.8 Å². The molecule has 0 heterocycles. The van der Waals surface area contributed by atoms with E-state index in [9.17, 15) is 24.3 Å². The normalized spacial score (nSPS) is 36.1. The molecular weight excluding hydrogens is 490 g/mol. The van der Waals surface area contributed by atoms with Crippen LogP contribution in [0.5, 0.6) is 0 Å². The van der Waals surface area contributed by atoms with Gasteiger partial charge in [0.05, 0.1) is 13.0 Å². The van der Waals surface area contributed by atoms with E-state index in [2.05, 4.69) is 12.2 Å². The lowest BCUT2D eigenvalue weighted by atomic mass is 9.46. The summed E-state index contributed by atoms with van der Waals surface area (Å²) in [6.07, 6.45) is 7.23. The number of ether oxygens (including phenoxy) is 3. The Hall–Kier alpha value is -2.10. The summed E-state index contributed by atoms with van der Waals surface area (Å²) in [7, 11) is 2.92. The van der Waals surface area contributed by atoms with Gasteiger partial charge in [0, 0.05) is 32.5 Å². The fourth-order valence-corrected chi connectivity index (χ4v) is 8.14. The third kappa shape index (κ3) is 5.09. The number of fused-ring (bicyclic) bond motifs is 5. The molecule has 6 atom stereocenters. The highest BCUT2D eigenvalue weighted by Gasteiger charge is 2.66. The van der Waals surface area contributed by atoms with E-state index in [4.69, 9.17) is 14.2 Å². The van der Waals surface area contributed by atoms with Gasteiger partial charge in [-0.2, -0.15) is 0 Å². The third-order valence-electron chi connectivity index (χ3n) is 10.5. The highest BCUT2D eigenvalue weighted by Crippen LogP contribution is 2.67. The Labute approximate surface area is 225 Å². The lowest BCUT2D eigenvalue weighted by molar-refractivity contribution is -0.170. The van der Waals surface area contributed by atoms with Gasteiger partial charge in [-0.3, -0.25) is 19.2 Å². The third-order valence-corrected chi connectivity index (χ3v) is 10.5. The summed E-state index contributed by atoms with van der Waals surface area (Å²) < 4.78 is 15.2. The molecule has 0 aromatic rings. The Kier molecular flexibility index (Phi) is 8.50. The molecule has 3 saturated carbocycles. The second-order valence-electron chi connectivity index (χ2n) is 12.1. The summed E-state index contributed by atoms with van der Waals surface area (Å²) >= 11 is 0. The minimum absolute atomic E-state index is 0.0265. The van der Waals surface area contributed by atoms with Gasteiger partial charge in [0.1, 0.15) is 5.60 Å². The lowest BCUT2D eigenvalue weighted by Gasteiger charge is -2.58. The number of carbonyl (C=O) groups excluding carboxylic acids is 4. The van der Waals surface area contributed by atoms with Crippen LogP contribution in [0.1, 0.15) is 78.1 Å². The van der Waals surface area contributed by atoms with Crippen LogP contribution in [0.25, 0.3) is 0 Å². The van der Waals surface area contributed by atoms with Gasteiger partial charge < -0.3 is 24.6 Å². The topological polar surface area (TPSA) is 128 Å². The minimum Gasteiger partial charge on any atom is -0.458 e. The fourth-order valence-electron chi connectivity index (χ4n) is 8.14. The monoisotopic (exact) mass is 533 g/mol. The first kappa shape index (κ1) is 28.9. The van der Waals surface area contributed by atoms with E-state index in [0.717, 1.165) is 38.5 Å². The van der Waals surface area contributed by atoms with Crippen molar-refractivity contribution in [2.24, 2.45) is 28.6 Å². The number of amides is 1. The van der Waals surface area contributed by atoms with Crippen LogP contribution in [0.4, 0.5) is 0 Å². The molecule has 9 nitrogen and oxygen atoms in total. The maximum atomic E-state index is 13.3. The molecule has 0 bridgehead atoms. The highest BCUT2D eigenvalue weighted by molar-refractivity contribution is 5.92. The van der Waals surface area contributed by atoms with E-state index in [1.54, 1.807) is 0 Å². The Morgan fingerprint density at radius 3 is 2.45 bits per heavy atom. The number of allylic oxidation sites excluding steroid dienone is 1. The highest BCUT2D eigenvalue weighted by atomic mass is 16.7. The van der Waals surface area contributed by atoms with Gasteiger partial charge in [-0.15, -0.1) is 0 Å². The molecule has 4 aliphatic carbocycles. The first-order chi connectivity index (χ1) is 18.0. The summed E-state index contributed by atoms with van der Waals surface area (Å²) in [5.41, 5.74) is -0.784. The molecule has 0 aliphatic heterocycles. The molecule has 212 valence electrons. The number of ketones is 2. The standard InChI is InChI=1S/C29H43NO8/c1-27-12-9-19(31)15-18(27)5-6-20-21(27)10-13-28(2)22(20)11-14-29(28,35)23(32)17-38-25(34)8-7-24(33)30-16-26(36-3)37-4/h15,20-22,26,35H,5-14,16-17H2,1-4H3,(H,30,33)/t20-,21+,22+,27+,28+,29+/m1/s1. The molecule has 0 spiro atoms. The average molecular weight is 534 g/mol. The summed E-state index contributed by atoms with van der Waals surface area (Å²) in [6.45, 7) is 4.01. The van der Waals surface area contributed by atoms with Crippen molar-refractivity contribution in [3.8, 4) is 0 Å². The first-order valence-corrected chi connectivity index (χ1v) is 14.0. The van der Waals surface area contributed by atoms with Crippen LogP contribution in [0.3, 0.4) is 0 Å². The fraction of sp³-hybridized carbons (Fsp3) is 0.793. The van der Waals surface area contributed by atoms with E-state index >= 15 is 0 Å². The Balaban J connectivity index is 1.33. The predicted molar refractivity (Wildman–Crippen MR) is 138 cm³/mol. The number of esters is 1. The van der Waals surface area contributed by atoms with E-state index in [0.29, 0.717) is 24.7 Å². The number of Topliss-reactive ketones (excluding diaryl/α,β-unsaturated/α-hetero) is 1. The van der Waals surface area contributed by atoms with E-state index in [1.807, 2.05) is 13.0 Å². The molecule has 38 heavy (non-hydrogen) atoms. The van der Waals surface area contributed by atoms with Crippen molar-refractivity contribution in [1.29, 1.82) is 0 Å². The maximum absolute atomic E-state index is 13.3. The number of rotatable bonds is 10. The molecule has 4 rings (SSSR count). The number of methoxy groups -OCH3 is 2. The molecular formula is C29H43NO8. The lowest BCUT2D eigenvalue weighted by Crippen LogP contribution is -2.58. The zero-order valence-electron chi connectivity index (χ0n) is 23.2. The summed E-state index contributed by atoms with van der Waals surface area (Å²) in [5, 5.41) is 14.4. The van der Waals surface area contributed by atoms with Crippen LogP contribution in [0, 0.1) is 28.6 Å². The second kappa shape index (κ2) is 11.2. The Morgan fingerprint density at radius 1 is 1.03 bits per heavy atom. The van der Waals surface area contributed by atoms with Crippen LogP contribution >= 0.6 is 0 Å². The molecule has 1 amide bonds. The molecule has 0 unspecified atom stereocenters. The zero-order valence-corrected chi connectivity index (χ0v) is 23.2. The Morgan fingerprint density at radius 2 is 1.74 bits per heavy atom. The molecule has 4 aliphatic rings. The predicted octanol–water partition coefficient (Wildman–Crippen LogP) is 2.88. The molecule has 9 heteroatoms. The smallest absolute Gasteiger partial charge is 0.306 e. The van der Waals surface area contributed by atoms with Crippen LogP contribution in [0.15, 0.2) is 11.6 Å². The van der Waals surface area contributed by atoms with Gasteiger partial charge in [0.2, 0.25) is 11.7 Å². The van der Waals surface area contributed by atoms with E-state index < -0.39 is 35.7 Å². The van der Waals surface area contributed by atoms with Gasteiger partial charge in [-0.1, -0.05) is 19.4 Å². The van der Waals surface area contributed by atoms with Gasteiger partial charge in [-0.25, -0.2) is 0 Å². The quantitative estimate of drug-likeness (QED) is 0.324. The maximum Gasteiger partial charge on any atom is 0.306 e. The van der Waals surface area contributed by atoms with E-state index in [-0.39, 0.29) is 42.4 Å². The van der Waals surface area contributed by atoms with Gasteiger partial charge in [0.15, 0.2) is 18.7 Å². The molecule has 0 radical (unpaired) electrons. The van der Waals surface area contributed by atoms with Crippen molar-refractivity contribution in [2.45, 2.75) is 89.9 Å².